The zero-order chi connectivity index (χ0) is 23.3. The van der Waals surface area contributed by atoms with E-state index in [1.807, 2.05) is 0 Å². The molecule has 0 saturated carbocycles. The van der Waals surface area contributed by atoms with Crippen LogP contribution in [-0.4, -0.2) is 23.7 Å². The van der Waals surface area contributed by atoms with Gasteiger partial charge in [0.2, 0.25) is 5.91 Å². The van der Waals surface area contributed by atoms with Crippen molar-refractivity contribution in [2.75, 3.05) is 11.9 Å². The summed E-state index contributed by atoms with van der Waals surface area (Å²) in [5.41, 5.74) is -0.274. The molecular formula is C25H39Cl2NO3. The standard InChI is InChI=1S/C25H39Cl2NO3/c1-5-6-7-8-9-10-11-12-13-14-17-31-21-16-15-19(26)18-20(21)28-24(30)22(27)23(29)25(2,3)4/h15-16,18,22H,5-14,17H2,1-4H3,(H,28,30). The van der Waals surface area contributed by atoms with Crippen LogP contribution in [0.5, 0.6) is 5.75 Å². The first-order valence-electron chi connectivity index (χ1n) is 11.6. The van der Waals surface area contributed by atoms with Gasteiger partial charge >= 0.3 is 0 Å². The summed E-state index contributed by atoms with van der Waals surface area (Å²) in [4.78, 5) is 24.7. The predicted molar refractivity (Wildman–Crippen MR) is 132 cm³/mol. The summed E-state index contributed by atoms with van der Waals surface area (Å²) in [5.74, 6) is -0.380. The van der Waals surface area contributed by atoms with Crippen LogP contribution in [0, 0.1) is 5.41 Å². The fraction of sp³-hybridized carbons (Fsp3) is 0.680. The molecule has 4 nitrogen and oxygen atoms in total. The third-order valence-electron chi connectivity index (χ3n) is 5.15. The van der Waals surface area contributed by atoms with Crippen molar-refractivity contribution in [2.45, 2.75) is 97.3 Å². The lowest BCUT2D eigenvalue weighted by atomic mass is 9.88. The minimum atomic E-state index is -1.27. The summed E-state index contributed by atoms with van der Waals surface area (Å²) < 4.78 is 5.87. The molecule has 6 heteroatoms. The molecule has 1 aromatic carbocycles. The Morgan fingerprint density at radius 1 is 0.968 bits per heavy atom. The Balaban J connectivity index is 2.42. The highest BCUT2D eigenvalue weighted by molar-refractivity contribution is 6.43. The number of carbonyl (C=O) groups is 2. The molecule has 0 bridgehead atoms. The second-order valence-corrected chi connectivity index (χ2v) is 10.0. The van der Waals surface area contributed by atoms with E-state index in [0.717, 1.165) is 12.8 Å². The monoisotopic (exact) mass is 471 g/mol. The molecule has 0 fully saturated rings. The number of amides is 1. The van der Waals surface area contributed by atoms with Crippen molar-refractivity contribution in [1.29, 1.82) is 0 Å². The number of nitrogens with one attached hydrogen (secondary N) is 1. The van der Waals surface area contributed by atoms with E-state index in [9.17, 15) is 9.59 Å². The molecule has 0 aliphatic heterocycles. The van der Waals surface area contributed by atoms with Crippen LogP contribution in [0.4, 0.5) is 5.69 Å². The first-order valence-corrected chi connectivity index (χ1v) is 12.4. The number of Topliss-reactive ketones (excluding diaryl/α,β-unsaturated/α-hetero) is 1. The Labute approximate surface area is 198 Å². The van der Waals surface area contributed by atoms with Crippen LogP contribution in [0.2, 0.25) is 5.02 Å². The second-order valence-electron chi connectivity index (χ2n) is 9.14. The molecular weight excluding hydrogens is 433 g/mol. The third-order valence-corrected chi connectivity index (χ3v) is 5.79. The second kappa shape index (κ2) is 14.7. The fourth-order valence-corrected chi connectivity index (χ4v) is 3.75. The molecule has 1 atom stereocenters. The Morgan fingerprint density at radius 2 is 1.52 bits per heavy atom. The van der Waals surface area contributed by atoms with Crippen LogP contribution in [0.15, 0.2) is 18.2 Å². The van der Waals surface area contributed by atoms with Crippen molar-refractivity contribution < 1.29 is 14.3 Å². The number of ether oxygens (including phenoxy) is 1. The number of ketones is 1. The molecule has 176 valence electrons. The molecule has 1 amide bonds. The number of anilines is 1. The summed E-state index contributed by atoms with van der Waals surface area (Å²) in [6.07, 6.45) is 12.6. The fourth-order valence-electron chi connectivity index (χ4n) is 3.19. The first-order chi connectivity index (χ1) is 14.7. The maximum Gasteiger partial charge on any atom is 0.250 e. The predicted octanol–water partition coefficient (Wildman–Crippen LogP) is 7.80. The van der Waals surface area contributed by atoms with Gasteiger partial charge in [-0.15, -0.1) is 11.6 Å². The molecule has 0 aliphatic carbocycles. The van der Waals surface area contributed by atoms with Crippen LogP contribution in [0.3, 0.4) is 0 Å². The molecule has 0 spiro atoms. The van der Waals surface area contributed by atoms with E-state index in [-0.39, 0.29) is 5.78 Å². The molecule has 1 aromatic rings. The molecule has 0 saturated heterocycles. The Morgan fingerprint density at radius 3 is 2.06 bits per heavy atom. The summed E-state index contributed by atoms with van der Waals surface area (Å²) >= 11 is 12.2. The summed E-state index contributed by atoms with van der Waals surface area (Å²) in [6.45, 7) is 8.01. The van der Waals surface area contributed by atoms with Gasteiger partial charge in [-0.1, -0.05) is 97.1 Å². The van der Waals surface area contributed by atoms with Gasteiger partial charge in [-0.3, -0.25) is 9.59 Å². The molecule has 0 radical (unpaired) electrons. The van der Waals surface area contributed by atoms with E-state index in [0.29, 0.717) is 23.1 Å². The van der Waals surface area contributed by atoms with Gasteiger partial charge in [-0.2, -0.15) is 0 Å². The highest BCUT2D eigenvalue weighted by Gasteiger charge is 2.33. The average Bonchev–Trinajstić information content (AvgIpc) is 2.71. The van der Waals surface area contributed by atoms with Gasteiger partial charge in [0.1, 0.15) is 5.75 Å². The van der Waals surface area contributed by atoms with Crippen molar-refractivity contribution in [3.63, 3.8) is 0 Å². The molecule has 1 unspecified atom stereocenters. The molecule has 0 aromatic heterocycles. The van der Waals surface area contributed by atoms with E-state index >= 15 is 0 Å². The maximum atomic E-state index is 12.5. The van der Waals surface area contributed by atoms with E-state index in [2.05, 4.69) is 12.2 Å². The molecule has 31 heavy (non-hydrogen) atoms. The van der Waals surface area contributed by atoms with Gasteiger partial charge in [-0.25, -0.2) is 0 Å². The van der Waals surface area contributed by atoms with E-state index in [1.54, 1.807) is 39.0 Å². The minimum Gasteiger partial charge on any atom is -0.491 e. The normalized spacial score (nSPS) is 12.5. The largest absolute Gasteiger partial charge is 0.491 e. The van der Waals surface area contributed by atoms with Gasteiger partial charge in [0.15, 0.2) is 11.2 Å². The van der Waals surface area contributed by atoms with Gasteiger partial charge in [0.05, 0.1) is 12.3 Å². The highest BCUT2D eigenvalue weighted by atomic mass is 35.5. The Bertz CT molecular complexity index is 686. The molecule has 0 heterocycles. The van der Waals surface area contributed by atoms with Crippen molar-refractivity contribution in [3.05, 3.63) is 23.2 Å². The number of unbranched alkanes of at least 4 members (excludes halogenated alkanes) is 9. The topological polar surface area (TPSA) is 55.4 Å². The minimum absolute atomic E-state index is 0.332. The van der Waals surface area contributed by atoms with Crippen molar-refractivity contribution in [1.82, 2.24) is 0 Å². The SMILES string of the molecule is CCCCCCCCCCCCOc1ccc(Cl)cc1NC(=O)C(Cl)C(=O)C(C)(C)C. The number of benzene rings is 1. The molecule has 1 N–H and O–H groups in total. The van der Waals surface area contributed by atoms with Crippen molar-refractivity contribution in [3.8, 4) is 5.75 Å². The maximum absolute atomic E-state index is 12.5. The zero-order valence-electron chi connectivity index (χ0n) is 19.6. The summed E-state index contributed by atoms with van der Waals surface area (Å²) in [7, 11) is 0. The van der Waals surface area contributed by atoms with Crippen LogP contribution < -0.4 is 10.1 Å². The van der Waals surface area contributed by atoms with Gasteiger partial charge in [0, 0.05) is 10.4 Å². The zero-order valence-corrected chi connectivity index (χ0v) is 21.1. The highest BCUT2D eigenvalue weighted by Crippen LogP contribution is 2.29. The quantitative estimate of drug-likeness (QED) is 0.161. The number of halogens is 2. The van der Waals surface area contributed by atoms with Crippen LogP contribution in [0.25, 0.3) is 0 Å². The third kappa shape index (κ3) is 11.2. The number of hydrogen-bond acceptors (Lipinski definition) is 3. The summed E-state index contributed by atoms with van der Waals surface area (Å²) in [6, 6.07) is 5.05. The van der Waals surface area contributed by atoms with Gasteiger partial charge in [-0.05, 0) is 24.6 Å². The van der Waals surface area contributed by atoms with Crippen LogP contribution in [-0.2, 0) is 9.59 Å². The van der Waals surface area contributed by atoms with Gasteiger partial charge < -0.3 is 10.1 Å². The number of rotatable bonds is 15. The lowest BCUT2D eigenvalue weighted by Gasteiger charge is -2.20. The van der Waals surface area contributed by atoms with E-state index in [4.69, 9.17) is 27.9 Å². The van der Waals surface area contributed by atoms with Crippen molar-refractivity contribution >= 4 is 40.6 Å². The first kappa shape index (κ1) is 27.8. The number of alkyl halides is 1. The molecule has 0 aliphatic rings. The van der Waals surface area contributed by atoms with Crippen LogP contribution in [0.1, 0.15) is 91.9 Å². The van der Waals surface area contributed by atoms with E-state index in [1.165, 1.54) is 51.4 Å². The number of hydrogen-bond donors (Lipinski definition) is 1. The Kier molecular flexibility index (Phi) is 13.2. The van der Waals surface area contributed by atoms with Crippen molar-refractivity contribution in [2.24, 2.45) is 5.41 Å². The van der Waals surface area contributed by atoms with Gasteiger partial charge in [0.25, 0.3) is 0 Å². The Hall–Kier alpha value is -1.26. The number of carbonyl (C=O) groups excluding carboxylic acids is 2. The average molecular weight is 472 g/mol. The molecule has 1 rings (SSSR count). The smallest absolute Gasteiger partial charge is 0.250 e. The van der Waals surface area contributed by atoms with E-state index < -0.39 is 16.7 Å². The van der Waals surface area contributed by atoms with Crippen LogP contribution >= 0.6 is 23.2 Å². The lowest BCUT2D eigenvalue weighted by Crippen LogP contribution is -2.37. The summed E-state index contributed by atoms with van der Waals surface area (Å²) in [5, 5.41) is 1.89. The lowest BCUT2D eigenvalue weighted by molar-refractivity contribution is -0.130.